The maximum Gasteiger partial charge on any atom is 0.187 e. The predicted molar refractivity (Wildman–Crippen MR) is 431 cm³/mol. The van der Waals surface area contributed by atoms with E-state index >= 15 is 0 Å². The third-order valence-corrected chi connectivity index (χ3v) is 21.2. The zero-order valence-corrected chi connectivity index (χ0v) is 65.6. The summed E-state index contributed by atoms with van der Waals surface area (Å²) in [5.41, 5.74) is 9.35. The molecule has 0 saturated carbocycles. The van der Waals surface area contributed by atoms with Crippen LogP contribution in [0.3, 0.4) is 0 Å². The van der Waals surface area contributed by atoms with Crippen LogP contribution in [0.25, 0.3) is 0 Å². The van der Waals surface area contributed by atoms with E-state index in [1.807, 2.05) is 303 Å². The monoisotopic (exact) mass is 1590 g/mol. The number of methoxy groups -OCH3 is 1. The summed E-state index contributed by atoms with van der Waals surface area (Å²) in [6.45, 7) is 1.97. The maximum atomic E-state index is 12.8. The van der Waals surface area contributed by atoms with Gasteiger partial charge in [0.15, 0.2) is 31.5 Å². The zero-order valence-electron chi connectivity index (χ0n) is 65.6. The highest BCUT2D eigenvalue weighted by Crippen LogP contribution is 2.40. The Morgan fingerprint density at radius 2 is 0.419 bits per heavy atom. The molecule has 5 fully saturated rings. The highest BCUT2D eigenvalue weighted by molar-refractivity contribution is 5.22. The minimum absolute atomic E-state index is 0.0421. The van der Waals surface area contributed by atoms with Crippen molar-refractivity contribution in [3.63, 3.8) is 0 Å². The summed E-state index contributed by atoms with van der Waals surface area (Å²) < 4.78 is 139. The maximum absolute atomic E-state index is 12.8. The van der Waals surface area contributed by atoms with E-state index in [0.29, 0.717) is 6.61 Å². The fourth-order valence-electron chi connectivity index (χ4n) is 15.1. The molecule has 614 valence electrons. The lowest BCUT2D eigenvalue weighted by atomic mass is 10.1. The van der Waals surface area contributed by atoms with Gasteiger partial charge in [0.25, 0.3) is 0 Å². The molecule has 0 radical (unpaired) electrons. The summed E-state index contributed by atoms with van der Waals surface area (Å²) in [4.78, 5) is 0. The van der Waals surface area contributed by atoms with Crippen molar-refractivity contribution in [1.82, 2.24) is 0 Å². The Hall–Kier alpha value is -8.64. The lowest BCUT2D eigenvalue weighted by Gasteiger charge is -2.31. The fraction of sp³-hybridized carbons (Fsp3) is 0.375. The number of aliphatic hydroxyl groups is 1. The fourth-order valence-corrected chi connectivity index (χ4v) is 15.1. The van der Waals surface area contributed by atoms with E-state index in [1.54, 1.807) is 7.11 Å². The molecule has 0 amide bonds. The molecular formula is C96H104O21. The van der Waals surface area contributed by atoms with E-state index in [2.05, 4.69) is 0 Å². The molecule has 20 atom stereocenters. The van der Waals surface area contributed by atoms with E-state index < -0.39 is 123 Å². The van der Waals surface area contributed by atoms with Crippen LogP contribution in [0.2, 0.25) is 0 Å². The highest BCUT2D eigenvalue weighted by atomic mass is 16.8. The standard InChI is InChI=1S/C96H104O21/c1-98-93-88(106-59-74-46-26-9-27-47-74)85(104-57-72-42-22-7-23-43-72)80(112-93)65-109-94-90(108-61-76-50-30-11-31-51-76)87(116-92-82(97)83(102-55-70-38-18-5-19-39-70)77(111-92)62-99-52-67-32-12-2-13-33-67)81(114-94)66-110-95-91(86(105-58-73-44-24-8-25-45-73)79(113-95)64-101-54-69-36-16-4-17-37-69)117-96-89(107-60-75-48-28-10-29-49-75)84(103-56-71-40-20-6-21-41-71)78(115-96)63-100-53-68-34-14-3-15-35-68/h2-51,77-97H,52-66H2,1H3/t77-,78-,79-,80-,81-,82+,83-,84-,85-,86-,87-,88+,89+,90+,91+,92-,93+,94+,95+,96+/m1/s1. The second-order valence-corrected chi connectivity index (χ2v) is 29.6. The van der Waals surface area contributed by atoms with E-state index in [1.165, 1.54) is 0 Å². The number of hydrogen-bond donors (Lipinski definition) is 1. The van der Waals surface area contributed by atoms with Crippen LogP contribution in [0.5, 0.6) is 0 Å². The lowest BCUT2D eigenvalue weighted by Crippen LogP contribution is -2.47. The van der Waals surface area contributed by atoms with E-state index in [9.17, 15) is 5.11 Å². The molecule has 0 spiro atoms. The molecule has 0 unspecified atom stereocenters. The summed E-state index contributed by atoms with van der Waals surface area (Å²) in [5, 5.41) is 12.8. The molecule has 21 heteroatoms. The number of ether oxygens (including phenoxy) is 20. The molecule has 5 saturated heterocycles. The normalized spacial score (nSPS) is 27.6. The molecule has 1 N–H and O–H groups in total. The highest BCUT2D eigenvalue weighted by Gasteiger charge is 2.57. The summed E-state index contributed by atoms with van der Waals surface area (Å²) in [6, 6.07) is 98.9. The Kier molecular flexibility index (Phi) is 31.3. The largest absolute Gasteiger partial charge is 0.385 e. The first kappa shape index (κ1) is 83.4. The third kappa shape index (κ3) is 23.7. The molecule has 0 bridgehead atoms. The summed E-state index contributed by atoms with van der Waals surface area (Å²) in [7, 11) is 1.58. The molecular weight excluding hydrogens is 1490 g/mol. The molecule has 0 aromatic heterocycles. The van der Waals surface area contributed by atoms with E-state index in [0.717, 1.165) is 55.6 Å². The van der Waals surface area contributed by atoms with Gasteiger partial charge in [-0.1, -0.05) is 303 Å². The molecule has 21 nitrogen and oxygen atoms in total. The second kappa shape index (κ2) is 43.9. The van der Waals surface area contributed by atoms with Gasteiger partial charge in [-0.25, -0.2) is 0 Å². The van der Waals surface area contributed by atoms with Crippen LogP contribution in [0.4, 0.5) is 0 Å². The van der Waals surface area contributed by atoms with Crippen LogP contribution >= 0.6 is 0 Å². The van der Waals surface area contributed by atoms with E-state index in [4.69, 9.17) is 94.7 Å². The van der Waals surface area contributed by atoms with Gasteiger partial charge in [0.1, 0.15) is 91.6 Å². The van der Waals surface area contributed by atoms with Gasteiger partial charge in [0.2, 0.25) is 0 Å². The average molecular weight is 1590 g/mol. The van der Waals surface area contributed by atoms with Gasteiger partial charge in [-0.05, 0) is 55.6 Å². The third-order valence-electron chi connectivity index (χ3n) is 21.2. The van der Waals surface area contributed by atoms with Crippen LogP contribution in [0.15, 0.2) is 303 Å². The van der Waals surface area contributed by atoms with Gasteiger partial charge < -0.3 is 99.8 Å². The van der Waals surface area contributed by atoms with E-state index in [-0.39, 0.29) is 92.5 Å². The van der Waals surface area contributed by atoms with Gasteiger partial charge in [-0.2, -0.15) is 0 Å². The molecule has 117 heavy (non-hydrogen) atoms. The summed E-state index contributed by atoms with van der Waals surface area (Å²) >= 11 is 0. The molecule has 10 aromatic carbocycles. The van der Waals surface area contributed by atoms with Crippen molar-refractivity contribution in [3.8, 4) is 0 Å². The Labute approximate surface area is 684 Å². The minimum atomic E-state index is -1.38. The van der Waals surface area contributed by atoms with Crippen LogP contribution in [0.1, 0.15) is 55.6 Å². The Balaban J connectivity index is 0.778. The molecule has 5 aliphatic rings. The van der Waals surface area contributed by atoms with Gasteiger partial charge in [-0.3, -0.25) is 0 Å². The first-order chi connectivity index (χ1) is 57.9. The van der Waals surface area contributed by atoms with Crippen LogP contribution in [-0.4, -0.2) is 168 Å². The first-order valence-corrected chi connectivity index (χ1v) is 40.3. The topological polar surface area (TPSA) is 205 Å². The number of benzene rings is 10. The Bertz CT molecular complexity index is 4390. The van der Waals surface area contributed by atoms with Gasteiger partial charge in [0.05, 0.1) is 99.1 Å². The number of aliphatic hydroxyl groups excluding tert-OH is 1. The average Bonchev–Trinajstić information content (AvgIpc) is 1.63. The number of hydrogen-bond acceptors (Lipinski definition) is 21. The molecule has 10 aromatic rings. The number of rotatable bonds is 44. The minimum Gasteiger partial charge on any atom is -0.385 e. The van der Waals surface area contributed by atoms with Gasteiger partial charge >= 0.3 is 0 Å². The zero-order chi connectivity index (χ0) is 79.4. The summed E-state index contributed by atoms with van der Waals surface area (Å²) in [5.74, 6) is 0. The van der Waals surface area contributed by atoms with Crippen molar-refractivity contribution in [2.75, 3.05) is 40.1 Å². The first-order valence-electron chi connectivity index (χ1n) is 40.3. The van der Waals surface area contributed by atoms with Gasteiger partial charge in [-0.15, -0.1) is 0 Å². The summed E-state index contributed by atoms with van der Waals surface area (Å²) in [6.07, 6.45) is -19.7. The smallest absolute Gasteiger partial charge is 0.187 e. The van der Waals surface area contributed by atoms with Crippen molar-refractivity contribution >= 4 is 0 Å². The van der Waals surface area contributed by atoms with Crippen molar-refractivity contribution in [3.05, 3.63) is 359 Å². The van der Waals surface area contributed by atoms with Crippen LogP contribution < -0.4 is 0 Å². The quantitative estimate of drug-likeness (QED) is 0.0377. The van der Waals surface area contributed by atoms with Crippen molar-refractivity contribution in [1.29, 1.82) is 0 Å². The SMILES string of the molecule is CO[C@H]1O[C@H](CO[C@H]2O[C@H](CO[C@H]3O[C@H](COCc4ccccc4)[C@@H](OCc4ccccc4)[C@@H]3O[C@@H]3O[C@H](COCc4ccccc4)[C@@H](OCc4ccccc4)[C@@H]3OCc3ccccc3)[C@@H](O[C@H]3O[C@H](COCc4ccccc4)[C@@H](OCc4ccccc4)[C@@H]3O)[C@@H]2OCc2ccccc2)[C@@H](OCc2ccccc2)[C@@H]1OCc1ccccc1. The second-order valence-electron chi connectivity index (χ2n) is 29.6. The predicted octanol–water partition coefficient (Wildman–Crippen LogP) is 14.2. The van der Waals surface area contributed by atoms with Crippen LogP contribution in [-0.2, 0) is 161 Å². The van der Waals surface area contributed by atoms with Crippen molar-refractivity contribution in [2.45, 2.75) is 189 Å². The molecule has 5 aliphatic heterocycles. The lowest BCUT2D eigenvalue weighted by molar-refractivity contribution is -0.264. The molecule has 5 heterocycles. The Morgan fingerprint density at radius 3 is 0.744 bits per heavy atom. The molecule has 15 rings (SSSR count). The van der Waals surface area contributed by atoms with Crippen molar-refractivity contribution < 1.29 is 99.8 Å². The van der Waals surface area contributed by atoms with Crippen molar-refractivity contribution in [2.24, 2.45) is 0 Å². The van der Waals surface area contributed by atoms with Gasteiger partial charge in [0, 0.05) is 7.11 Å². The van der Waals surface area contributed by atoms with Crippen LogP contribution in [0, 0.1) is 0 Å². The Morgan fingerprint density at radius 1 is 0.205 bits per heavy atom. The molecule has 0 aliphatic carbocycles.